The van der Waals surface area contributed by atoms with Crippen LogP contribution in [0, 0.1) is 41.5 Å². The lowest BCUT2D eigenvalue weighted by Crippen LogP contribution is -2.22. The summed E-state index contributed by atoms with van der Waals surface area (Å²) in [5.74, 6) is 0.817. The number of aromatic amines is 1. The smallest absolute Gasteiger partial charge is 0.265 e. The second-order valence-electron chi connectivity index (χ2n) is 22.1. The Morgan fingerprint density at radius 3 is 1.40 bits per heavy atom. The van der Waals surface area contributed by atoms with Gasteiger partial charge < -0.3 is 25.4 Å². The lowest BCUT2D eigenvalue weighted by atomic mass is 10.1. The molecule has 19 nitrogen and oxygen atoms in total. The fraction of sp³-hybridized carbons (Fsp3) is 0.179. The number of hydrogen-bond acceptors (Lipinski definition) is 14. The standard InChI is InChI=1S/C23H24N4O3S2.C22H19N5OS.C22H19N3O3S/c1-15-5-7-17(8-6-15)14-27-23-20(16(2)25-27)13-21(31-23)22(28)24-18-9-11-19(12-10-18)32(29,30)26(3)4;1-13-6-8-15(9-7-13)12-27-22-17(14(2)26-27)10-19(29-22)21(28)24-18-5-3-4-16-11-23-25-20(16)18;1-13-3-5-15(6-4-13)11-25-22-17(14(2)24-25)10-20(29-22)21(26)23-16-7-8-18-19(9-16)28-12-27-18/h5-13H,14H2,1-4H3,(H,24,28);3-11H,12H2,1-2H3,(H,23,25)(H,24,28);3-10H,11-12H2,1-2H3,(H,23,26). The summed E-state index contributed by atoms with van der Waals surface area (Å²) >= 11 is 4.31. The van der Waals surface area contributed by atoms with Crippen LogP contribution in [0.4, 0.5) is 17.1 Å². The number of nitrogens with zero attached hydrogens (tertiary/aromatic N) is 8. The van der Waals surface area contributed by atoms with Gasteiger partial charge >= 0.3 is 0 Å². The number of ether oxygens (including phenoxy) is 2. The van der Waals surface area contributed by atoms with Crippen LogP contribution in [-0.4, -0.2) is 90.9 Å². The number of amides is 3. The molecular formula is C67H62N12O7S4. The van der Waals surface area contributed by atoms with Crippen LogP contribution in [0.2, 0.25) is 0 Å². The molecule has 0 fully saturated rings. The van der Waals surface area contributed by atoms with Crippen LogP contribution in [0.3, 0.4) is 0 Å². The van der Waals surface area contributed by atoms with E-state index in [2.05, 4.69) is 135 Å². The molecule has 1 aliphatic rings. The zero-order valence-electron chi connectivity index (χ0n) is 50.4. The third-order valence-corrected chi connectivity index (χ3v) is 20.4. The molecule has 7 aromatic heterocycles. The van der Waals surface area contributed by atoms with E-state index in [4.69, 9.17) is 9.47 Å². The molecule has 0 saturated carbocycles. The number of carbonyl (C=O) groups is 3. The first kappa shape index (κ1) is 60.5. The molecule has 3 amide bonds. The molecule has 14 rings (SSSR count). The predicted molar refractivity (Wildman–Crippen MR) is 358 cm³/mol. The number of carbonyl (C=O) groups excluding carboxylic acids is 3. The highest BCUT2D eigenvalue weighted by molar-refractivity contribution is 7.89. The van der Waals surface area contributed by atoms with E-state index in [-0.39, 0.29) is 29.4 Å². The molecule has 1 aliphatic heterocycles. The van der Waals surface area contributed by atoms with Crippen molar-refractivity contribution < 1.29 is 32.3 Å². The number of aryl methyl sites for hydroxylation is 6. The fourth-order valence-electron chi connectivity index (χ4n) is 10.1. The topological polar surface area (TPSA) is 225 Å². The summed E-state index contributed by atoms with van der Waals surface area (Å²) in [4.78, 5) is 43.5. The number of hydrogen-bond donors (Lipinski definition) is 4. The molecule has 90 heavy (non-hydrogen) atoms. The molecule has 0 bridgehead atoms. The van der Waals surface area contributed by atoms with Gasteiger partial charge in [0.2, 0.25) is 16.8 Å². The van der Waals surface area contributed by atoms with Gasteiger partial charge in [-0.05, 0) is 119 Å². The molecule has 8 heterocycles. The first-order valence-electron chi connectivity index (χ1n) is 28.7. The number of thiophene rings is 3. The van der Waals surface area contributed by atoms with E-state index >= 15 is 0 Å². The van der Waals surface area contributed by atoms with Gasteiger partial charge in [-0.1, -0.05) is 102 Å². The Balaban J connectivity index is 0.000000131. The quantitative estimate of drug-likeness (QED) is 0.0801. The Hall–Kier alpha value is -9.78. The average molecular weight is 1280 g/mol. The van der Waals surface area contributed by atoms with Crippen LogP contribution in [0.15, 0.2) is 163 Å². The molecule has 0 unspecified atom stereocenters. The van der Waals surface area contributed by atoms with E-state index in [1.165, 1.54) is 88.1 Å². The molecule has 0 saturated heterocycles. The maximum atomic E-state index is 12.9. The minimum absolute atomic E-state index is 0.130. The molecule has 6 aromatic carbocycles. The molecule has 4 N–H and O–H groups in total. The normalized spacial score (nSPS) is 11.9. The van der Waals surface area contributed by atoms with Crippen molar-refractivity contribution in [2.24, 2.45) is 0 Å². The highest BCUT2D eigenvalue weighted by Crippen LogP contribution is 2.36. The van der Waals surface area contributed by atoms with Crippen molar-refractivity contribution in [1.29, 1.82) is 0 Å². The van der Waals surface area contributed by atoms with Gasteiger partial charge in [-0.15, -0.1) is 34.0 Å². The summed E-state index contributed by atoms with van der Waals surface area (Å²) in [5, 5.41) is 33.7. The lowest BCUT2D eigenvalue weighted by molar-refractivity contribution is 0.102. The maximum Gasteiger partial charge on any atom is 0.265 e. The van der Waals surface area contributed by atoms with Crippen molar-refractivity contribution in [2.75, 3.05) is 36.8 Å². The van der Waals surface area contributed by atoms with Crippen LogP contribution in [0.5, 0.6) is 11.5 Å². The van der Waals surface area contributed by atoms with Gasteiger partial charge in [-0.3, -0.25) is 33.5 Å². The lowest BCUT2D eigenvalue weighted by Gasteiger charge is -2.11. The minimum Gasteiger partial charge on any atom is -0.454 e. The van der Waals surface area contributed by atoms with Gasteiger partial charge in [0.1, 0.15) is 14.5 Å². The number of benzene rings is 6. The predicted octanol–water partition coefficient (Wildman–Crippen LogP) is 13.9. The summed E-state index contributed by atoms with van der Waals surface area (Å²) in [6.07, 6.45) is 1.74. The number of H-pyrrole nitrogens is 1. The number of sulfonamides is 1. The SMILES string of the molecule is Cc1ccc(Cn2nc(C)c3cc(C(=O)Nc4ccc(S(=O)(=O)N(C)C)cc4)sc32)cc1.Cc1ccc(Cn2nc(C)c3cc(C(=O)Nc4ccc5c(c4)OCO5)sc32)cc1.Cc1ccc(Cn2nc(C)c3cc(C(=O)Nc4cccc5cn[nH]c45)sc32)cc1. The van der Waals surface area contributed by atoms with Crippen molar-refractivity contribution in [3.8, 4) is 11.5 Å². The van der Waals surface area contributed by atoms with Crippen molar-refractivity contribution in [2.45, 2.75) is 66.1 Å². The number of anilines is 3. The monoisotopic (exact) mass is 1270 g/mol. The third-order valence-electron chi connectivity index (χ3n) is 15.1. The van der Waals surface area contributed by atoms with Gasteiger partial charge in [0.05, 0.1) is 73.6 Å². The molecule has 0 aliphatic carbocycles. The summed E-state index contributed by atoms with van der Waals surface area (Å²) in [6.45, 7) is 14.3. The average Bonchev–Trinajstić information content (AvgIpc) is 1.83. The molecular weight excluding hydrogens is 1210 g/mol. The number of fused-ring (bicyclic) bond motifs is 5. The van der Waals surface area contributed by atoms with Gasteiger partial charge in [0, 0.05) is 53.1 Å². The minimum atomic E-state index is -3.51. The molecule has 456 valence electrons. The van der Waals surface area contributed by atoms with Crippen LogP contribution in [0.1, 0.15) is 79.5 Å². The van der Waals surface area contributed by atoms with Gasteiger partial charge in [-0.25, -0.2) is 12.7 Å². The molecule has 0 spiro atoms. The Bertz CT molecular complexity index is 4940. The van der Waals surface area contributed by atoms with Gasteiger partial charge in [0.25, 0.3) is 17.7 Å². The molecule has 23 heteroatoms. The van der Waals surface area contributed by atoms with E-state index in [1.807, 2.05) is 77.3 Å². The highest BCUT2D eigenvalue weighted by Gasteiger charge is 2.23. The van der Waals surface area contributed by atoms with Crippen molar-refractivity contribution in [1.82, 2.24) is 43.8 Å². The number of nitrogens with one attached hydrogen (secondary N) is 4. The summed E-state index contributed by atoms with van der Waals surface area (Å²) in [5.41, 5.74) is 12.7. The number of aromatic nitrogens is 8. The van der Waals surface area contributed by atoms with Crippen LogP contribution >= 0.6 is 34.0 Å². The Kier molecular flexibility index (Phi) is 17.1. The second-order valence-corrected chi connectivity index (χ2v) is 27.3. The van der Waals surface area contributed by atoms with Crippen molar-refractivity contribution >= 4 is 120 Å². The Morgan fingerprint density at radius 1 is 0.522 bits per heavy atom. The molecule has 13 aromatic rings. The van der Waals surface area contributed by atoms with E-state index in [9.17, 15) is 22.8 Å². The number of rotatable bonds is 14. The number of para-hydroxylation sites is 1. The first-order valence-corrected chi connectivity index (χ1v) is 32.5. The maximum absolute atomic E-state index is 12.9. The summed E-state index contributed by atoms with van der Waals surface area (Å²) in [7, 11) is -0.548. The third kappa shape index (κ3) is 13.0. The highest BCUT2D eigenvalue weighted by atomic mass is 32.2. The van der Waals surface area contributed by atoms with Crippen molar-refractivity contribution in [3.63, 3.8) is 0 Å². The van der Waals surface area contributed by atoms with Gasteiger partial charge in [0.15, 0.2) is 11.5 Å². The van der Waals surface area contributed by atoms with E-state index in [0.717, 1.165) is 74.2 Å². The molecule has 0 atom stereocenters. The second kappa shape index (κ2) is 25.4. The summed E-state index contributed by atoms with van der Waals surface area (Å²) in [6, 6.07) is 48.1. The van der Waals surface area contributed by atoms with Crippen LogP contribution in [-0.2, 0) is 29.7 Å². The van der Waals surface area contributed by atoms with E-state index < -0.39 is 10.0 Å². The largest absolute Gasteiger partial charge is 0.454 e. The Labute approximate surface area is 530 Å². The zero-order chi connectivity index (χ0) is 63.0. The van der Waals surface area contributed by atoms with Crippen molar-refractivity contribution in [3.05, 3.63) is 223 Å². The zero-order valence-corrected chi connectivity index (χ0v) is 53.7. The summed E-state index contributed by atoms with van der Waals surface area (Å²) < 4.78 is 42.1. The van der Waals surface area contributed by atoms with Crippen LogP contribution < -0.4 is 25.4 Å². The first-order chi connectivity index (χ1) is 43.3. The fourth-order valence-corrected chi connectivity index (χ4v) is 14.2. The van der Waals surface area contributed by atoms with E-state index in [1.54, 1.807) is 30.5 Å². The Morgan fingerprint density at radius 2 is 0.944 bits per heavy atom. The van der Waals surface area contributed by atoms with Gasteiger partial charge in [-0.2, -0.15) is 20.4 Å². The van der Waals surface area contributed by atoms with Crippen LogP contribution in [0.25, 0.3) is 41.6 Å². The van der Waals surface area contributed by atoms with E-state index in [0.29, 0.717) is 57.1 Å². The molecule has 0 radical (unpaired) electrons.